The standard InChI is InChI=1S/C14H16N6/c1-3-10(2)17-13-9-16-20-14(19-13)18-12-6-4-5-11(7-12)8-15/h4-7,9-10H,3H2,1-2H3,(H2,17,18,19,20). The van der Waals surface area contributed by atoms with Gasteiger partial charge in [0.05, 0.1) is 17.8 Å². The van der Waals surface area contributed by atoms with Crippen molar-refractivity contribution in [3.8, 4) is 6.07 Å². The Bertz CT molecular complexity index is 619. The quantitative estimate of drug-likeness (QED) is 0.867. The van der Waals surface area contributed by atoms with E-state index in [4.69, 9.17) is 5.26 Å². The molecule has 0 aliphatic rings. The van der Waals surface area contributed by atoms with Gasteiger partial charge in [-0.1, -0.05) is 13.0 Å². The second kappa shape index (κ2) is 6.48. The first-order chi connectivity index (χ1) is 9.71. The number of hydrogen-bond donors (Lipinski definition) is 2. The van der Waals surface area contributed by atoms with Crippen molar-refractivity contribution in [2.75, 3.05) is 10.6 Å². The predicted octanol–water partition coefficient (Wildman–Crippen LogP) is 2.70. The van der Waals surface area contributed by atoms with E-state index < -0.39 is 0 Å². The summed E-state index contributed by atoms with van der Waals surface area (Å²) in [6, 6.07) is 9.53. The molecule has 102 valence electrons. The zero-order valence-corrected chi connectivity index (χ0v) is 11.5. The highest BCUT2D eigenvalue weighted by atomic mass is 15.3. The highest BCUT2D eigenvalue weighted by molar-refractivity contribution is 5.56. The molecule has 0 bridgehead atoms. The Balaban J connectivity index is 2.13. The first kappa shape index (κ1) is 13.7. The van der Waals surface area contributed by atoms with Gasteiger partial charge in [0.2, 0.25) is 5.95 Å². The van der Waals surface area contributed by atoms with Crippen LogP contribution >= 0.6 is 0 Å². The third-order valence-electron chi connectivity index (χ3n) is 2.81. The summed E-state index contributed by atoms with van der Waals surface area (Å²) in [6.07, 6.45) is 2.58. The molecule has 0 fully saturated rings. The molecule has 1 aromatic heterocycles. The third-order valence-corrected chi connectivity index (χ3v) is 2.81. The zero-order valence-electron chi connectivity index (χ0n) is 11.5. The van der Waals surface area contributed by atoms with E-state index in [0.29, 0.717) is 23.4 Å². The van der Waals surface area contributed by atoms with E-state index in [1.165, 1.54) is 0 Å². The van der Waals surface area contributed by atoms with Gasteiger partial charge in [-0.25, -0.2) is 0 Å². The molecule has 0 spiro atoms. The fourth-order valence-corrected chi connectivity index (χ4v) is 1.58. The average molecular weight is 268 g/mol. The molecule has 0 saturated heterocycles. The molecular weight excluding hydrogens is 252 g/mol. The average Bonchev–Trinajstić information content (AvgIpc) is 2.47. The number of nitriles is 1. The first-order valence-corrected chi connectivity index (χ1v) is 6.44. The molecule has 1 heterocycles. The number of anilines is 3. The molecule has 0 radical (unpaired) electrons. The van der Waals surface area contributed by atoms with E-state index in [9.17, 15) is 0 Å². The van der Waals surface area contributed by atoms with Gasteiger partial charge in [-0.3, -0.25) is 0 Å². The van der Waals surface area contributed by atoms with E-state index in [1.54, 1.807) is 24.4 Å². The van der Waals surface area contributed by atoms with E-state index >= 15 is 0 Å². The van der Waals surface area contributed by atoms with Crippen molar-refractivity contribution in [1.29, 1.82) is 5.26 Å². The Morgan fingerprint density at radius 3 is 3.00 bits per heavy atom. The number of benzene rings is 1. The molecule has 0 saturated carbocycles. The summed E-state index contributed by atoms with van der Waals surface area (Å²) in [6.45, 7) is 4.17. The van der Waals surface area contributed by atoms with Gasteiger partial charge < -0.3 is 10.6 Å². The third kappa shape index (κ3) is 3.65. The maximum Gasteiger partial charge on any atom is 0.249 e. The molecular formula is C14H16N6. The van der Waals surface area contributed by atoms with Crippen molar-refractivity contribution in [3.63, 3.8) is 0 Å². The molecule has 1 unspecified atom stereocenters. The monoisotopic (exact) mass is 268 g/mol. The summed E-state index contributed by atoms with van der Waals surface area (Å²) in [5.74, 6) is 1.07. The number of nitrogens with one attached hydrogen (secondary N) is 2. The minimum absolute atomic E-state index is 0.321. The lowest BCUT2D eigenvalue weighted by atomic mass is 10.2. The van der Waals surface area contributed by atoms with Gasteiger partial charge >= 0.3 is 0 Å². The molecule has 20 heavy (non-hydrogen) atoms. The minimum atomic E-state index is 0.321. The van der Waals surface area contributed by atoms with Crippen LogP contribution in [0.15, 0.2) is 30.5 Å². The Labute approximate surface area is 117 Å². The molecule has 0 aliphatic heterocycles. The molecule has 2 aromatic rings. The van der Waals surface area contributed by atoms with Gasteiger partial charge in [0.1, 0.15) is 0 Å². The van der Waals surface area contributed by atoms with Crippen LogP contribution in [0.3, 0.4) is 0 Å². The van der Waals surface area contributed by atoms with Gasteiger partial charge in [0.15, 0.2) is 5.82 Å². The van der Waals surface area contributed by atoms with Crippen LogP contribution in [-0.4, -0.2) is 21.2 Å². The summed E-state index contributed by atoms with van der Waals surface area (Å²) in [5.41, 5.74) is 1.34. The molecule has 2 rings (SSSR count). The molecule has 0 amide bonds. The molecule has 2 N–H and O–H groups in total. The van der Waals surface area contributed by atoms with Crippen molar-refractivity contribution in [1.82, 2.24) is 15.2 Å². The second-order valence-corrected chi connectivity index (χ2v) is 4.44. The van der Waals surface area contributed by atoms with E-state index in [-0.39, 0.29) is 0 Å². The topological polar surface area (TPSA) is 86.5 Å². The normalized spacial score (nSPS) is 11.4. The van der Waals surface area contributed by atoms with Gasteiger partial charge in [-0.15, -0.1) is 5.10 Å². The van der Waals surface area contributed by atoms with Crippen molar-refractivity contribution in [2.24, 2.45) is 0 Å². The predicted molar refractivity (Wildman–Crippen MR) is 77.6 cm³/mol. The Kier molecular flexibility index (Phi) is 4.45. The lowest BCUT2D eigenvalue weighted by Crippen LogP contribution is -2.15. The van der Waals surface area contributed by atoms with E-state index in [2.05, 4.69) is 45.7 Å². The van der Waals surface area contributed by atoms with Gasteiger partial charge in [0, 0.05) is 11.7 Å². The summed E-state index contributed by atoms with van der Waals surface area (Å²) in [4.78, 5) is 4.33. The van der Waals surface area contributed by atoms with Crippen molar-refractivity contribution < 1.29 is 0 Å². The van der Waals surface area contributed by atoms with Gasteiger partial charge in [-0.05, 0) is 31.5 Å². The van der Waals surface area contributed by atoms with E-state index in [1.807, 2.05) is 6.07 Å². The van der Waals surface area contributed by atoms with Crippen LogP contribution in [0.2, 0.25) is 0 Å². The van der Waals surface area contributed by atoms with Crippen molar-refractivity contribution in [3.05, 3.63) is 36.0 Å². The first-order valence-electron chi connectivity index (χ1n) is 6.44. The second-order valence-electron chi connectivity index (χ2n) is 4.44. The lowest BCUT2D eigenvalue weighted by Gasteiger charge is -2.12. The summed E-state index contributed by atoms with van der Waals surface area (Å²) in [5, 5.41) is 23.0. The van der Waals surface area contributed by atoms with Crippen LogP contribution in [0, 0.1) is 11.3 Å². The Morgan fingerprint density at radius 2 is 2.25 bits per heavy atom. The number of rotatable bonds is 5. The van der Waals surface area contributed by atoms with Gasteiger partial charge in [-0.2, -0.15) is 15.3 Å². The highest BCUT2D eigenvalue weighted by Crippen LogP contribution is 2.15. The smallest absolute Gasteiger partial charge is 0.249 e. The zero-order chi connectivity index (χ0) is 14.4. The Morgan fingerprint density at radius 1 is 1.40 bits per heavy atom. The Hall–Kier alpha value is -2.68. The van der Waals surface area contributed by atoms with Crippen LogP contribution in [0.5, 0.6) is 0 Å². The molecule has 6 heteroatoms. The van der Waals surface area contributed by atoms with Crippen LogP contribution in [-0.2, 0) is 0 Å². The van der Waals surface area contributed by atoms with Crippen LogP contribution in [0.1, 0.15) is 25.8 Å². The fraction of sp³-hybridized carbons (Fsp3) is 0.286. The van der Waals surface area contributed by atoms with Crippen molar-refractivity contribution >= 4 is 17.5 Å². The van der Waals surface area contributed by atoms with Crippen LogP contribution < -0.4 is 10.6 Å². The number of nitrogens with zero attached hydrogens (tertiary/aromatic N) is 4. The molecule has 0 aliphatic carbocycles. The summed E-state index contributed by atoms with van der Waals surface area (Å²) >= 11 is 0. The maximum atomic E-state index is 8.87. The van der Waals surface area contributed by atoms with E-state index in [0.717, 1.165) is 12.1 Å². The minimum Gasteiger partial charge on any atom is -0.366 e. The number of aromatic nitrogens is 3. The van der Waals surface area contributed by atoms with Crippen molar-refractivity contribution in [2.45, 2.75) is 26.3 Å². The number of hydrogen-bond acceptors (Lipinski definition) is 6. The van der Waals surface area contributed by atoms with Crippen LogP contribution in [0.25, 0.3) is 0 Å². The summed E-state index contributed by atoms with van der Waals surface area (Å²) < 4.78 is 0. The molecule has 1 aromatic carbocycles. The molecule has 6 nitrogen and oxygen atoms in total. The summed E-state index contributed by atoms with van der Waals surface area (Å²) in [7, 11) is 0. The lowest BCUT2D eigenvalue weighted by molar-refractivity contribution is 0.755. The largest absolute Gasteiger partial charge is 0.366 e. The SMILES string of the molecule is CCC(C)Nc1cnnc(Nc2cccc(C#N)c2)n1. The van der Waals surface area contributed by atoms with Crippen LogP contribution in [0.4, 0.5) is 17.5 Å². The maximum absolute atomic E-state index is 8.87. The molecule has 1 atom stereocenters. The highest BCUT2D eigenvalue weighted by Gasteiger charge is 2.04. The fourth-order valence-electron chi connectivity index (χ4n) is 1.58. The van der Waals surface area contributed by atoms with Gasteiger partial charge in [0.25, 0.3) is 0 Å².